The van der Waals surface area contributed by atoms with Gasteiger partial charge in [-0.25, -0.2) is 4.79 Å². The van der Waals surface area contributed by atoms with E-state index in [9.17, 15) is 4.79 Å². The lowest BCUT2D eigenvalue weighted by Crippen LogP contribution is -2.52. The smallest absolute Gasteiger partial charge is 0.314 e. The van der Waals surface area contributed by atoms with Crippen molar-refractivity contribution in [2.45, 2.75) is 31.2 Å². The third kappa shape index (κ3) is 3.28. The largest absolute Gasteiger partial charge is 0.351 e. The molecule has 19 heavy (non-hydrogen) atoms. The number of carbonyl (C=O) groups is 1. The molecular formula is C14H21N3OS. The number of piperidine rings is 1. The van der Waals surface area contributed by atoms with Crippen molar-refractivity contribution in [1.82, 2.24) is 10.2 Å². The first-order valence-corrected chi connectivity index (χ1v) is 7.91. The number of primary amides is 1. The van der Waals surface area contributed by atoms with Crippen molar-refractivity contribution in [3.8, 4) is 0 Å². The molecule has 1 aromatic rings. The third-order valence-corrected chi connectivity index (χ3v) is 5.13. The van der Waals surface area contributed by atoms with E-state index in [-0.39, 0.29) is 6.03 Å². The Morgan fingerprint density at radius 3 is 2.95 bits per heavy atom. The van der Waals surface area contributed by atoms with E-state index in [1.165, 1.54) is 17.7 Å². The molecule has 0 radical (unpaired) electrons. The molecule has 0 bridgehead atoms. The van der Waals surface area contributed by atoms with Crippen molar-refractivity contribution in [2.75, 3.05) is 19.6 Å². The summed E-state index contributed by atoms with van der Waals surface area (Å²) >= 11 is 1.78. The second-order valence-electron chi connectivity index (χ2n) is 5.74. The van der Waals surface area contributed by atoms with E-state index in [1.807, 2.05) is 0 Å². The minimum Gasteiger partial charge on any atom is -0.351 e. The summed E-state index contributed by atoms with van der Waals surface area (Å²) in [6.07, 6.45) is 3.82. The van der Waals surface area contributed by atoms with Crippen molar-refractivity contribution in [3.63, 3.8) is 0 Å². The Kier molecular flexibility index (Phi) is 3.75. The van der Waals surface area contributed by atoms with Crippen LogP contribution >= 0.6 is 11.3 Å². The Morgan fingerprint density at radius 1 is 1.47 bits per heavy atom. The van der Waals surface area contributed by atoms with Crippen molar-refractivity contribution in [3.05, 3.63) is 22.4 Å². The van der Waals surface area contributed by atoms with Crippen LogP contribution in [0.15, 0.2) is 17.5 Å². The van der Waals surface area contributed by atoms with E-state index < -0.39 is 0 Å². The Balaban J connectivity index is 1.64. The van der Waals surface area contributed by atoms with Gasteiger partial charge in [0.15, 0.2) is 0 Å². The van der Waals surface area contributed by atoms with Gasteiger partial charge in [0.1, 0.15) is 0 Å². The average Bonchev–Trinajstić information content (AvgIpc) is 3.07. The molecular weight excluding hydrogens is 258 g/mol. The number of amides is 2. The van der Waals surface area contributed by atoms with Gasteiger partial charge in [-0.3, -0.25) is 0 Å². The monoisotopic (exact) mass is 279 g/mol. The zero-order valence-corrected chi connectivity index (χ0v) is 11.9. The first-order valence-electron chi connectivity index (χ1n) is 7.03. The van der Waals surface area contributed by atoms with Crippen molar-refractivity contribution in [1.29, 1.82) is 0 Å². The van der Waals surface area contributed by atoms with Gasteiger partial charge in [0, 0.05) is 29.9 Å². The van der Waals surface area contributed by atoms with Gasteiger partial charge in [-0.05, 0) is 43.2 Å². The molecule has 2 atom stereocenters. The lowest BCUT2D eigenvalue weighted by Gasteiger charge is -2.37. The first kappa shape index (κ1) is 12.9. The second kappa shape index (κ2) is 5.51. The standard InChI is InChI=1S/C14H21N3OS/c15-14(18)17-8-11(13-2-1-5-19-13)6-12(9-17)16-7-10-3-4-10/h1-2,5,10-12,16H,3-4,6-9H2,(H2,15,18). The number of nitrogens with one attached hydrogen (secondary N) is 1. The van der Waals surface area contributed by atoms with Crippen LogP contribution in [0.1, 0.15) is 30.1 Å². The lowest BCUT2D eigenvalue weighted by atomic mass is 9.93. The second-order valence-corrected chi connectivity index (χ2v) is 6.72. The van der Waals surface area contributed by atoms with E-state index in [0.717, 1.165) is 32.0 Å². The lowest BCUT2D eigenvalue weighted by molar-refractivity contribution is 0.172. The molecule has 4 nitrogen and oxygen atoms in total. The Bertz CT molecular complexity index is 430. The summed E-state index contributed by atoms with van der Waals surface area (Å²) in [5, 5.41) is 5.72. The number of nitrogens with zero attached hydrogens (tertiary/aromatic N) is 1. The highest BCUT2D eigenvalue weighted by molar-refractivity contribution is 7.10. The molecule has 2 aliphatic rings. The molecule has 2 fully saturated rings. The highest BCUT2D eigenvalue weighted by Crippen LogP contribution is 2.31. The van der Waals surface area contributed by atoms with Gasteiger partial charge in [0.05, 0.1) is 0 Å². The number of rotatable bonds is 4. The topological polar surface area (TPSA) is 58.4 Å². The summed E-state index contributed by atoms with van der Waals surface area (Å²) < 4.78 is 0. The van der Waals surface area contributed by atoms with Crippen molar-refractivity contribution >= 4 is 17.4 Å². The summed E-state index contributed by atoms with van der Waals surface area (Å²) in [4.78, 5) is 14.6. The molecule has 2 unspecified atom stereocenters. The van der Waals surface area contributed by atoms with Crippen LogP contribution in [0.2, 0.25) is 0 Å². The van der Waals surface area contributed by atoms with Gasteiger partial charge >= 0.3 is 6.03 Å². The molecule has 1 aliphatic heterocycles. The maximum Gasteiger partial charge on any atom is 0.314 e. The summed E-state index contributed by atoms with van der Waals surface area (Å²) in [7, 11) is 0. The van der Waals surface area contributed by atoms with Crippen LogP contribution in [0.5, 0.6) is 0 Å². The molecule has 3 rings (SSSR count). The maximum absolute atomic E-state index is 11.5. The van der Waals surface area contributed by atoms with Gasteiger partial charge < -0.3 is 16.0 Å². The molecule has 1 saturated carbocycles. The zero-order valence-electron chi connectivity index (χ0n) is 11.0. The van der Waals surface area contributed by atoms with Crippen LogP contribution < -0.4 is 11.1 Å². The fraction of sp³-hybridized carbons (Fsp3) is 0.643. The summed E-state index contributed by atoms with van der Waals surface area (Å²) in [6, 6.07) is 4.33. The first-order chi connectivity index (χ1) is 9.22. The number of hydrogen-bond acceptors (Lipinski definition) is 3. The van der Waals surface area contributed by atoms with E-state index in [1.54, 1.807) is 16.2 Å². The van der Waals surface area contributed by atoms with Crippen molar-refractivity contribution in [2.24, 2.45) is 11.7 Å². The van der Waals surface area contributed by atoms with Crippen molar-refractivity contribution < 1.29 is 4.79 Å². The molecule has 0 spiro atoms. The van der Waals surface area contributed by atoms with E-state index in [0.29, 0.717) is 12.0 Å². The minimum atomic E-state index is -0.292. The SMILES string of the molecule is NC(=O)N1CC(NCC2CC2)CC(c2cccs2)C1. The fourth-order valence-electron chi connectivity index (χ4n) is 2.81. The molecule has 5 heteroatoms. The number of nitrogens with two attached hydrogens (primary N) is 1. The third-order valence-electron chi connectivity index (χ3n) is 4.10. The van der Waals surface area contributed by atoms with Crippen LogP contribution in [-0.4, -0.2) is 36.6 Å². The normalized spacial score (nSPS) is 27.5. The summed E-state index contributed by atoms with van der Waals surface area (Å²) in [5.41, 5.74) is 5.48. The number of urea groups is 1. The Hall–Kier alpha value is -1.07. The van der Waals surface area contributed by atoms with Crippen LogP contribution in [0, 0.1) is 5.92 Å². The van der Waals surface area contributed by atoms with Gasteiger partial charge in [-0.2, -0.15) is 0 Å². The van der Waals surface area contributed by atoms with Gasteiger partial charge in [0.25, 0.3) is 0 Å². The predicted molar refractivity (Wildman–Crippen MR) is 77.3 cm³/mol. The average molecular weight is 279 g/mol. The predicted octanol–water partition coefficient (Wildman–Crippen LogP) is 1.98. The Morgan fingerprint density at radius 2 is 2.32 bits per heavy atom. The van der Waals surface area contributed by atoms with E-state index in [4.69, 9.17) is 5.73 Å². The van der Waals surface area contributed by atoms with Gasteiger partial charge in [-0.15, -0.1) is 11.3 Å². The highest BCUT2D eigenvalue weighted by Gasteiger charge is 2.31. The van der Waals surface area contributed by atoms with Crippen LogP contribution in [0.25, 0.3) is 0 Å². The minimum absolute atomic E-state index is 0.292. The van der Waals surface area contributed by atoms with Crippen LogP contribution in [-0.2, 0) is 0 Å². The molecule has 1 aromatic heterocycles. The van der Waals surface area contributed by atoms with Gasteiger partial charge in [-0.1, -0.05) is 6.07 Å². The van der Waals surface area contributed by atoms with Crippen LogP contribution in [0.4, 0.5) is 4.79 Å². The molecule has 3 N–H and O–H groups in total. The fourth-order valence-corrected chi connectivity index (χ4v) is 3.65. The number of likely N-dealkylation sites (tertiary alicyclic amines) is 1. The van der Waals surface area contributed by atoms with E-state index >= 15 is 0 Å². The van der Waals surface area contributed by atoms with Gasteiger partial charge in [0.2, 0.25) is 0 Å². The number of carbonyl (C=O) groups excluding carboxylic acids is 1. The molecule has 104 valence electrons. The molecule has 2 amide bonds. The highest BCUT2D eigenvalue weighted by atomic mass is 32.1. The summed E-state index contributed by atoms with van der Waals surface area (Å²) in [5.74, 6) is 1.29. The molecule has 0 aromatic carbocycles. The molecule has 2 heterocycles. The quantitative estimate of drug-likeness (QED) is 0.885. The molecule has 1 saturated heterocycles. The van der Waals surface area contributed by atoms with E-state index in [2.05, 4.69) is 22.8 Å². The summed E-state index contributed by atoms with van der Waals surface area (Å²) in [6.45, 7) is 2.61. The zero-order chi connectivity index (χ0) is 13.2. The Labute approximate surface area is 118 Å². The number of hydrogen-bond donors (Lipinski definition) is 2. The maximum atomic E-state index is 11.5. The molecule has 1 aliphatic carbocycles. The number of thiophene rings is 1. The van der Waals surface area contributed by atoms with Crippen LogP contribution in [0.3, 0.4) is 0 Å².